The van der Waals surface area contributed by atoms with Gasteiger partial charge < -0.3 is 4.43 Å². The van der Waals surface area contributed by atoms with Crippen LogP contribution in [0.5, 0.6) is 0 Å². The lowest BCUT2D eigenvalue weighted by molar-refractivity contribution is -0.0530. The summed E-state index contributed by atoms with van der Waals surface area (Å²) in [5.74, 6) is 5.86. The van der Waals surface area contributed by atoms with Gasteiger partial charge in [-0.25, -0.2) is 0 Å². The summed E-state index contributed by atoms with van der Waals surface area (Å²) < 4.78 is 6.59. The third-order valence-corrected chi connectivity index (χ3v) is 12.3. The van der Waals surface area contributed by atoms with Crippen molar-refractivity contribution in [2.45, 2.75) is 125 Å². The molecule has 4 aliphatic carbocycles. The topological polar surface area (TPSA) is 9.23 Å². The van der Waals surface area contributed by atoms with Gasteiger partial charge in [0.1, 0.15) is 0 Å². The molecule has 4 aliphatic rings. The Hall–Kier alpha value is -0.343. The first kappa shape index (κ1) is 26.7. The average Bonchev–Trinajstić information content (AvgIpc) is 3.10. The molecule has 0 aromatic carbocycles. The molecule has 0 aromatic heterocycles. The molecule has 3 fully saturated rings. The first-order valence-corrected chi connectivity index (χ1v) is 18.4. The maximum Gasteiger partial charge on any atom is 0.184 e. The van der Waals surface area contributed by atoms with Crippen molar-refractivity contribution in [2.24, 2.45) is 52.3 Å². The van der Waals surface area contributed by atoms with E-state index >= 15 is 0 Å². The molecule has 194 valence electrons. The minimum absolute atomic E-state index is 0.443. The van der Waals surface area contributed by atoms with Crippen LogP contribution in [0.2, 0.25) is 19.6 Å². The van der Waals surface area contributed by atoms with Gasteiger partial charge in [0.25, 0.3) is 0 Å². The highest BCUT2D eigenvalue weighted by atomic mass is 28.4. The number of allylic oxidation sites excluding steroid dienone is 3. The van der Waals surface area contributed by atoms with Crippen LogP contribution in [-0.2, 0) is 4.43 Å². The number of hydrogen-bond donors (Lipinski definition) is 0. The Morgan fingerprint density at radius 1 is 1.00 bits per heavy atom. The number of hydrogen-bond acceptors (Lipinski definition) is 1. The summed E-state index contributed by atoms with van der Waals surface area (Å²) in [6.45, 7) is 22.1. The van der Waals surface area contributed by atoms with Gasteiger partial charge in [-0.3, -0.25) is 0 Å². The third-order valence-electron chi connectivity index (χ3n) is 11.3. The minimum atomic E-state index is -1.46. The zero-order valence-electron chi connectivity index (χ0n) is 24.1. The summed E-state index contributed by atoms with van der Waals surface area (Å²) in [4.78, 5) is 0. The molecule has 0 aromatic rings. The summed E-state index contributed by atoms with van der Waals surface area (Å²) in [5.41, 5.74) is 2.76. The molecular formula is C32H56OSi. The molecule has 0 aliphatic heterocycles. The van der Waals surface area contributed by atoms with E-state index in [1.807, 2.05) is 0 Å². The van der Waals surface area contributed by atoms with E-state index in [2.05, 4.69) is 79.4 Å². The monoisotopic (exact) mass is 484 g/mol. The van der Waals surface area contributed by atoms with E-state index < -0.39 is 8.32 Å². The van der Waals surface area contributed by atoms with Gasteiger partial charge in [-0.1, -0.05) is 65.3 Å². The zero-order chi connectivity index (χ0) is 24.9. The van der Waals surface area contributed by atoms with Gasteiger partial charge in [0.2, 0.25) is 0 Å². The number of fused-ring (bicyclic) bond motifs is 5. The van der Waals surface area contributed by atoms with Crippen LogP contribution >= 0.6 is 0 Å². The normalized spacial score (nSPS) is 42.2. The quantitative estimate of drug-likeness (QED) is 0.258. The van der Waals surface area contributed by atoms with Crippen LogP contribution in [0, 0.1) is 52.3 Å². The second-order valence-electron chi connectivity index (χ2n) is 14.6. The summed E-state index contributed by atoms with van der Waals surface area (Å²) in [6.07, 6.45) is 20.7. The van der Waals surface area contributed by atoms with Crippen molar-refractivity contribution in [1.82, 2.24) is 0 Å². The fraction of sp³-hybridized carbons (Fsp3) is 0.875. The Morgan fingerprint density at radius 3 is 2.38 bits per heavy atom. The molecule has 0 heterocycles. The number of rotatable bonds is 7. The highest BCUT2D eigenvalue weighted by Crippen LogP contribution is 2.67. The van der Waals surface area contributed by atoms with Crippen LogP contribution in [-0.4, -0.2) is 14.4 Å². The molecule has 0 saturated heterocycles. The second-order valence-corrected chi connectivity index (χ2v) is 19.1. The first-order valence-electron chi connectivity index (χ1n) is 14.9. The van der Waals surface area contributed by atoms with Gasteiger partial charge in [-0.2, -0.15) is 0 Å². The fourth-order valence-electron chi connectivity index (χ4n) is 9.41. The Kier molecular flexibility index (Phi) is 7.73. The van der Waals surface area contributed by atoms with Crippen LogP contribution in [0.25, 0.3) is 0 Å². The summed E-state index contributed by atoms with van der Waals surface area (Å²) in [6, 6.07) is 0. The highest BCUT2D eigenvalue weighted by molar-refractivity contribution is 6.69. The summed E-state index contributed by atoms with van der Waals surface area (Å²) >= 11 is 0. The molecule has 0 amide bonds. The van der Waals surface area contributed by atoms with Gasteiger partial charge in [0, 0.05) is 6.10 Å². The molecule has 2 heteroatoms. The fourth-order valence-corrected chi connectivity index (χ4v) is 10.6. The van der Waals surface area contributed by atoms with E-state index in [1.165, 1.54) is 57.8 Å². The second kappa shape index (κ2) is 9.84. The molecule has 0 spiro atoms. The summed E-state index contributed by atoms with van der Waals surface area (Å²) in [7, 11) is -1.46. The van der Waals surface area contributed by atoms with Gasteiger partial charge >= 0.3 is 0 Å². The van der Waals surface area contributed by atoms with Crippen LogP contribution in [0.1, 0.15) is 99.3 Å². The van der Waals surface area contributed by atoms with Crippen molar-refractivity contribution in [3.05, 3.63) is 23.8 Å². The van der Waals surface area contributed by atoms with Gasteiger partial charge in [0.15, 0.2) is 8.32 Å². The molecular weight excluding hydrogens is 428 g/mol. The highest BCUT2D eigenvalue weighted by Gasteiger charge is 2.59. The molecule has 0 bridgehead atoms. The van der Waals surface area contributed by atoms with Crippen molar-refractivity contribution < 1.29 is 4.43 Å². The molecule has 3 saturated carbocycles. The molecule has 1 nitrogen and oxygen atoms in total. The lowest BCUT2D eigenvalue weighted by Gasteiger charge is -2.58. The Bertz CT molecular complexity index is 774. The van der Waals surface area contributed by atoms with Crippen molar-refractivity contribution in [3.8, 4) is 0 Å². The summed E-state index contributed by atoms with van der Waals surface area (Å²) in [5, 5.41) is 0. The van der Waals surface area contributed by atoms with E-state index in [9.17, 15) is 0 Å². The average molecular weight is 485 g/mol. The maximum atomic E-state index is 6.59. The van der Waals surface area contributed by atoms with Crippen LogP contribution in [0.15, 0.2) is 23.8 Å². The maximum absolute atomic E-state index is 6.59. The largest absolute Gasteiger partial charge is 0.414 e. The molecule has 0 N–H and O–H groups in total. The van der Waals surface area contributed by atoms with Crippen LogP contribution in [0.3, 0.4) is 0 Å². The first-order chi connectivity index (χ1) is 15.9. The predicted octanol–water partition coefficient (Wildman–Crippen LogP) is 9.66. The van der Waals surface area contributed by atoms with Crippen molar-refractivity contribution in [3.63, 3.8) is 0 Å². The van der Waals surface area contributed by atoms with Crippen molar-refractivity contribution in [2.75, 3.05) is 0 Å². The van der Waals surface area contributed by atoms with E-state index in [1.54, 1.807) is 5.57 Å². The van der Waals surface area contributed by atoms with Crippen LogP contribution < -0.4 is 0 Å². The standard InChI is InChI=1S/C32H56OSi/c1-10-24(22(2)3)12-11-23(4)28-15-16-29-27-14-13-25-21-26(33-34(7,8)9)17-19-31(25,5)30(27)18-20-32(28,29)6/h11-13,22-24,26-30H,10,14-21H2,1-9H3/b12-11+/t23-,24-,26?,27+,28-,29+,30+,31+,32-/m1/s1. The van der Waals surface area contributed by atoms with Crippen LogP contribution in [0.4, 0.5) is 0 Å². The third kappa shape index (κ3) is 4.93. The Labute approximate surface area is 213 Å². The predicted molar refractivity (Wildman–Crippen MR) is 150 cm³/mol. The van der Waals surface area contributed by atoms with E-state index in [0.29, 0.717) is 16.9 Å². The lowest BCUT2D eigenvalue weighted by atomic mass is 9.47. The van der Waals surface area contributed by atoms with E-state index in [0.717, 1.165) is 41.4 Å². The molecule has 0 radical (unpaired) electrons. The lowest BCUT2D eigenvalue weighted by Crippen LogP contribution is -2.51. The zero-order valence-corrected chi connectivity index (χ0v) is 25.1. The van der Waals surface area contributed by atoms with Gasteiger partial charge in [0.05, 0.1) is 0 Å². The molecule has 9 atom stereocenters. The molecule has 34 heavy (non-hydrogen) atoms. The van der Waals surface area contributed by atoms with Crippen molar-refractivity contribution >= 4 is 8.32 Å². The molecule has 4 rings (SSSR count). The van der Waals surface area contributed by atoms with E-state index in [4.69, 9.17) is 4.43 Å². The minimum Gasteiger partial charge on any atom is -0.414 e. The molecule has 1 unspecified atom stereocenters. The van der Waals surface area contributed by atoms with Gasteiger partial charge in [-0.15, -0.1) is 0 Å². The SMILES string of the molecule is CC[C@H](/C=C/[C@@H](C)[C@H]1CC[C@H]2[C@@H]3CC=C4CC(O[Si](C)(C)C)CC[C@]4(C)[C@H]3CC[C@]12C)C(C)C. The smallest absolute Gasteiger partial charge is 0.184 e. The van der Waals surface area contributed by atoms with E-state index in [-0.39, 0.29) is 0 Å². The Balaban J connectivity index is 1.49. The van der Waals surface area contributed by atoms with Crippen molar-refractivity contribution in [1.29, 1.82) is 0 Å². The Morgan fingerprint density at radius 2 is 1.74 bits per heavy atom. The van der Waals surface area contributed by atoms with Gasteiger partial charge in [-0.05, 0) is 130 Å².